The Kier molecular flexibility index (Phi) is 4.54. The first-order valence-corrected chi connectivity index (χ1v) is 8.65. The second-order valence-electron chi connectivity index (χ2n) is 6.40. The van der Waals surface area contributed by atoms with Crippen LogP contribution < -0.4 is 5.32 Å². The first-order valence-electron chi connectivity index (χ1n) is 8.65. The Morgan fingerprint density at radius 2 is 1.74 bits per heavy atom. The number of carbonyl (C=O) groups excluding carboxylic acids is 1. The maximum absolute atomic E-state index is 13.8. The Bertz CT molecular complexity index is 986. The van der Waals surface area contributed by atoms with E-state index in [2.05, 4.69) is 16.4 Å². The van der Waals surface area contributed by atoms with E-state index in [1.807, 2.05) is 18.2 Å². The summed E-state index contributed by atoms with van der Waals surface area (Å²) in [5.74, 6) is -1.61. The van der Waals surface area contributed by atoms with Crippen molar-refractivity contribution in [3.05, 3.63) is 89.2 Å². The summed E-state index contributed by atoms with van der Waals surface area (Å²) in [6.45, 7) is 1.13. The number of carbonyl (C=O) groups is 1. The largest absolute Gasteiger partial charge is 0.351 e. The van der Waals surface area contributed by atoms with Crippen molar-refractivity contribution < 1.29 is 13.6 Å². The molecule has 6 heteroatoms. The molecule has 4 rings (SSSR count). The number of fused-ring (bicyclic) bond motifs is 1. The van der Waals surface area contributed by atoms with Crippen LogP contribution >= 0.6 is 0 Å². The second kappa shape index (κ2) is 7.15. The summed E-state index contributed by atoms with van der Waals surface area (Å²) in [7, 11) is 0. The monoisotopic (exact) mass is 365 g/mol. The van der Waals surface area contributed by atoms with E-state index in [0.717, 1.165) is 12.0 Å². The van der Waals surface area contributed by atoms with Crippen molar-refractivity contribution in [1.29, 1.82) is 0 Å². The molecule has 1 aliphatic heterocycles. The van der Waals surface area contributed by atoms with Gasteiger partial charge in [0.15, 0.2) is 0 Å². The van der Waals surface area contributed by atoms with Crippen LogP contribution in [-0.4, -0.2) is 22.3 Å². The number of nitrogens with one attached hydrogen (secondary N) is 1. The standard InChI is InChI=1S/C21H17F2N3O/c22-17-6-3-7-18(23)20(17)25-16-8-10-24-19(12-16)21(27)26-11-9-14-4-1-2-5-15(14)13-26/h1-8,10,12H,9,11,13H2,(H,24,25). The van der Waals surface area contributed by atoms with E-state index in [1.165, 1.54) is 36.0 Å². The number of hydrogen-bond acceptors (Lipinski definition) is 3. The van der Waals surface area contributed by atoms with Crippen LogP contribution in [0.3, 0.4) is 0 Å². The highest BCUT2D eigenvalue weighted by molar-refractivity contribution is 5.93. The minimum atomic E-state index is -0.702. The smallest absolute Gasteiger partial charge is 0.272 e. The fraction of sp³-hybridized carbons (Fsp3) is 0.143. The van der Waals surface area contributed by atoms with Gasteiger partial charge in [-0.15, -0.1) is 0 Å². The van der Waals surface area contributed by atoms with E-state index < -0.39 is 11.6 Å². The van der Waals surface area contributed by atoms with Gasteiger partial charge in [0.2, 0.25) is 0 Å². The summed E-state index contributed by atoms with van der Waals surface area (Å²) in [5.41, 5.74) is 2.75. The van der Waals surface area contributed by atoms with Crippen molar-refractivity contribution in [2.24, 2.45) is 0 Å². The number of amides is 1. The van der Waals surface area contributed by atoms with E-state index in [9.17, 15) is 13.6 Å². The third-order valence-corrected chi connectivity index (χ3v) is 4.63. The molecule has 0 unspecified atom stereocenters. The van der Waals surface area contributed by atoms with Crippen LogP contribution in [-0.2, 0) is 13.0 Å². The predicted molar refractivity (Wildman–Crippen MR) is 98.8 cm³/mol. The molecule has 1 N–H and O–H groups in total. The van der Waals surface area contributed by atoms with E-state index in [-0.39, 0.29) is 17.3 Å². The average Bonchev–Trinajstić information content (AvgIpc) is 2.70. The highest BCUT2D eigenvalue weighted by Crippen LogP contribution is 2.24. The minimum Gasteiger partial charge on any atom is -0.351 e. The van der Waals surface area contributed by atoms with Gasteiger partial charge in [-0.1, -0.05) is 30.3 Å². The molecule has 4 nitrogen and oxygen atoms in total. The Hall–Kier alpha value is -3.28. The average molecular weight is 365 g/mol. The highest BCUT2D eigenvalue weighted by Gasteiger charge is 2.22. The van der Waals surface area contributed by atoms with Gasteiger partial charge < -0.3 is 10.2 Å². The lowest BCUT2D eigenvalue weighted by Gasteiger charge is -2.28. The maximum atomic E-state index is 13.8. The molecular formula is C21H17F2N3O. The molecule has 0 saturated carbocycles. The van der Waals surface area contributed by atoms with Crippen molar-refractivity contribution in [3.8, 4) is 0 Å². The number of para-hydroxylation sites is 1. The molecule has 0 bridgehead atoms. The SMILES string of the molecule is O=C(c1cc(Nc2c(F)cccc2F)ccn1)N1CCc2ccccc2C1. The van der Waals surface area contributed by atoms with Gasteiger partial charge in [0, 0.05) is 25.0 Å². The molecule has 1 aliphatic rings. The Morgan fingerprint density at radius 3 is 2.52 bits per heavy atom. The molecule has 0 fully saturated rings. The Balaban J connectivity index is 1.55. The van der Waals surface area contributed by atoms with Crippen LogP contribution in [0.2, 0.25) is 0 Å². The van der Waals surface area contributed by atoms with Crippen molar-refractivity contribution in [3.63, 3.8) is 0 Å². The van der Waals surface area contributed by atoms with Crippen molar-refractivity contribution in [2.45, 2.75) is 13.0 Å². The lowest BCUT2D eigenvalue weighted by Crippen LogP contribution is -2.36. The molecule has 0 radical (unpaired) electrons. The summed E-state index contributed by atoms with van der Waals surface area (Å²) in [4.78, 5) is 18.7. The first kappa shape index (κ1) is 17.1. The molecule has 0 atom stereocenters. The van der Waals surface area contributed by atoms with Crippen LogP contribution in [0.5, 0.6) is 0 Å². The molecule has 27 heavy (non-hydrogen) atoms. The number of anilines is 2. The van der Waals surface area contributed by atoms with Crippen LogP contribution in [0.4, 0.5) is 20.2 Å². The van der Waals surface area contributed by atoms with Gasteiger partial charge in [-0.05, 0) is 41.8 Å². The van der Waals surface area contributed by atoms with Gasteiger partial charge in [-0.2, -0.15) is 0 Å². The zero-order valence-electron chi connectivity index (χ0n) is 14.5. The summed E-state index contributed by atoms with van der Waals surface area (Å²) >= 11 is 0. The Labute approximate surface area is 155 Å². The summed E-state index contributed by atoms with van der Waals surface area (Å²) in [6.07, 6.45) is 2.24. The van der Waals surface area contributed by atoms with E-state index >= 15 is 0 Å². The number of rotatable bonds is 3. The lowest BCUT2D eigenvalue weighted by atomic mass is 10.00. The van der Waals surface area contributed by atoms with Crippen LogP contribution in [0.25, 0.3) is 0 Å². The van der Waals surface area contributed by atoms with Gasteiger partial charge in [-0.3, -0.25) is 9.78 Å². The summed E-state index contributed by atoms with van der Waals surface area (Å²) < 4.78 is 27.7. The van der Waals surface area contributed by atoms with Crippen molar-refractivity contribution in [2.75, 3.05) is 11.9 Å². The van der Waals surface area contributed by atoms with Crippen molar-refractivity contribution >= 4 is 17.3 Å². The van der Waals surface area contributed by atoms with Crippen LogP contribution in [0.15, 0.2) is 60.8 Å². The van der Waals surface area contributed by atoms with E-state index in [0.29, 0.717) is 18.8 Å². The number of pyridine rings is 1. The van der Waals surface area contributed by atoms with Gasteiger partial charge in [0.25, 0.3) is 5.91 Å². The van der Waals surface area contributed by atoms with Gasteiger partial charge in [-0.25, -0.2) is 8.78 Å². The number of benzene rings is 2. The fourth-order valence-electron chi connectivity index (χ4n) is 3.22. The molecule has 0 saturated heterocycles. The fourth-order valence-corrected chi connectivity index (χ4v) is 3.22. The Morgan fingerprint density at radius 1 is 1.00 bits per heavy atom. The molecule has 0 aliphatic carbocycles. The zero-order valence-corrected chi connectivity index (χ0v) is 14.5. The second-order valence-corrected chi connectivity index (χ2v) is 6.40. The van der Waals surface area contributed by atoms with Gasteiger partial charge in [0.05, 0.1) is 0 Å². The lowest BCUT2D eigenvalue weighted by molar-refractivity contribution is 0.0729. The predicted octanol–water partition coefficient (Wildman–Crippen LogP) is 4.30. The number of halogens is 2. The van der Waals surface area contributed by atoms with Crippen LogP contribution in [0, 0.1) is 11.6 Å². The summed E-state index contributed by atoms with van der Waals surface area (Å²) in [6, 6.07) is 14.7. The normalized spacial score (nSPS) is 13.2. The quantitative estimate of drug-likeness (QED) is 0.753. The minimum absolute atomic E-state index is 0.206. The van der Waals surface area contributed by atoms with E-state index in [4.69, 9.17) is 0 Å². The first-order chi connectivity index (χ1) is 13.1. The highest BCUT2D eigenvalue weighted by atomic mass is 19.1. The topological polar surface area (TPSA) is 45.2 Å². The number of hydrogen-bond donors (Lipinski definition) is 1. The molecule has 1 amide bonds. The van der Waals surface area contributed by atoms with Crippen molar-refractivity contribution in [1.82, 2.24) is 9.88 Å². The maximum Gasteiger partial charge on any atom is 0.272 e. The zero-order chi connectivity index (χ0) is 18.8. The molecule has 1 aromatic heterocycles. The summed E-state index contributed by atoms with van der Waals surface area (Å²) in [5, 5.41) is 2.69. The molecule has 2 aromatic carbocycles. The number of aromatic nitrogens is 1. The third-order valence-electron chi connectivity index (χ3n) is 4.63. The molecule has 136 valence electrons. The van der Waals surface area contributed by atoms with Gasteiger partial charge in [0.1, 0.15) is 23.0 Å². The molecule has 0 spiro atoms. The van der Waals surface area contributed by atoms with Crippen LogP contribution in [0.1, 0.15) is 21.6 Å². The third kappa shape index (κ3) is 3.51. The van der Waals surface area contributed by atoms with Gasteiger partial charge >= 0.3 is 0 Å². The van der Waals surface area contributed by atoms with E-state index in [1.54, 1.807) is 11.0 Å². The molecule has 3 aromatic rings. The molecular weight excluding hydrogens is 348 g/mol. The molecule has 2 heterocycles. The number of nitrogens with zero attached hydrogens (tertiary/aromatic N) is 2.